The molecule has 0 aliphatic carbocycles. The summed E-state index contributed by atoms with van der Waals surface area (Å²) >= 11 is 3.40. The fourth-order valence-electron chi connectivity index (χ4n) is 1.41. The van der Waals surface area contributed by atoms with Crippen LogP contribution in [0.25, 0.3) is 0 Å². The molecule has 1 atom stereocenters. The Morgan fingerprint density at radius 1 is 1.50 bits per heavy atom. The van der Waals surface area contributed by atoms with Crippen molar-refractivity contribution in [3.8, 4) is 0 Å². The Hall–Kier alpha value is -0.870. The summed E-state index contributed by atoms with van der Waals surface area (Å²) in [6, 6.07) is 7.92. The second-order valence-electron chi connectivity index (χ2n) is 3.81. The number of hydrogen-bond donors (Lipinski definition) is 2. The summed E-state index contributed by atoms with van der Waals surface area (Å²) in [7, 11) is 1.85. The van der Waals surface area contributed by atoms with Gasteiger partial charge in [0.05, 0.1) is 0 Å². The first-order chi connectivity index (χ1) is 7.63. The average Bonchev–Trinajstić information content (AvgIpc) is 2.26. The molecule has 1 aromatic carbocycles. The molecular weight excluding hydrogens is 268 g/mol. The molecule has 0 bridgehead atoms. The maximum Gasteiger partial charge on any atom is 0.224 e. The van der Waals surface area contributed by atoms with Gasteiger partial charge in [0.1, 0.15) is 0 Å². The molecule has 0 aromatic heterocycles. The number of hydrogen-bond acceptors (Lipinski definition) is 2. The first-order valence-corrected chi connectivity index (χ1v) is 6.09. The lowest BCUT2D eigenvalue weighted by Crippen LogP contribution is -2.33. The largest absolute Gasteiger partial charge is 0.352 e. The molecule has 0 aliphatic heterocycles. The molecule has 88 valence electrons. The Morgan fingerprint density at radius 2 is 2.25 bits per heavy atom. The third-order valence-corrected chi connectivity index (χ3v) is 2.81. The van der Waals surface area contributed by atoms with Crippen LogP contribution in [0, 0.1) is 5.92 Å². The second-order valence-corrected chi connectivity index (χ2v) is 4.72. The van der Waals surface area contributed by atoms with Gasteiger partial charge in [0.2, 0.25) is 5.91 Å². The van der Waals surface area contributed by atoms with Crippen LogP contribution in [0.1, 0.15) is 12.5 Å². The quantitative estimate of drug-likeness (QED) is 0.868. The summed E-state index contributed by atoms with van der Waals surface area (Å²) < 4.78 is 1.03. The van der Waals surface area contributed by atoms with Crippen molar-refractivity contribution in [2.45, 2.75) is 13.5 Å². The summed E-state index contributed by atoms with van der Waals surface area (Å²) in [6.45, 7) is 3.18. The number of carbonyl (C=O) groups excluding carboxylic acids is 1. The number of carbonyl (C=O) groups is 1. The van der Waals surface area contributed by atoms with Crippen LogP contribution in [-0.4, -0.2) is 19.5 Å². The molecule has 0 heterocycles. The van der Waals surface area contributed by atoms with Crippen molar-refractivity contribution >= 4 is 21.8 Å². The summed E-state index contributed by atoms with van der Waals surface area (Å²) in [4.78, 5) is 11.6. The highest BCUT2D eigenvalue weighted by Gasteiger charge is 2.10. The van der Waals surface area contributed by atoms with Crippen LogP contribution in [0.5, 0.6) is 0 Å². The lowest BCUT2D eigenvalue weighted by molar-refractivity contribution is -0.124. The van der Waals surface area contributed by atoms with E-state index in [0.717, 1.165) is 10.0 Å². The van der Waals surface area contributed by atoms with Crippen molar-refractivity contribution in [2.75, 3.05) is 13.6 Å². The van der Waals surface area contributed by atoms with E-state index < -0.39 is 0 Å². The molecule has 1 rings (SSSR count). The minimum atomic E-state index is -0.00264. The molecule has 1 unspecified atom stereocenters. The second kappa shape index (κ2) is 6.66. The zero-order valence-electron chi connectivity index (χ0n) is 9.59. The van der Waals surface area contributed by atoms with Gasteiger partial charge in [-0.25, -0.2) is 0 Å². The molecule has 0 aliphatic rings. The summed E-state index contributed by atoms with van der Waals surface area (Å²) in [5.74, 6) is 0.0754. The first-order valence-electron chi connectivity index (χ1n) is 5.30. The van der Waals surface area contributed by atoms with E-state index in [4.69, 9.17) is 0 Å². The molecule has 3 nitrogen and oxygen atoms in total. The van der Waals surface area contributed by atoms with E-state index in [9.17, 15) is 4.79 Å². The zero-order chi connectivity index (χ0) is 12.0. The van der Waals surface area contributed by atoms with E-state index in [0.29, 0.717) is 13.1 Å². The molecule has 0 fully saturated rings. The Bertz CT molecular complexity index is 355. The van der Waals surface area contributed by atoms with Gasteiger partial charge in [0.25, 0.3) is 0 Å². The van der Waals surface area contributed by atoms with Crippen LogP contribution in [0.4, 0.5) is 0 Å². The van der Waals surface area contributed by atoms with E-state index in [1.165, 1.54) is 0 Å². The van der Waals surface area contributed by atoms with E-state index >= 15 is 0 Å². The van der Waals surface area contributed by atoms with Crippen molar-refractivity contribution in [3.63, 3.8) is 0 Å². The third kappa shape index (κ3) is 4.33. The molecule has 4 heteroatoms. The monoisotopic (exact) mass is 284 g/mol. The highest BCUT2D eigenvalue weighted by molar-refractivity contribution is 9.10. The smallest absolute Gasteiger partial charge is 0.224 e. The third-order valence-electron chi connectivity index (χ3n) is 2.31. The lowest BCUT2D eigenvalue weighted by atomic mass is 10.1. The Kier molecular flexibility index (Phi) is 5.49. The molecule has 0 spiro atoms. The topological polar surface area (TPSA) is 41.1 Å². The van der Waals surface area contributed by atoms with Crippen LogP contribution < -0.4 is 10.6 Å². The van der Waals surface area contributed by atoms with Gasteiger partial charge < -0.3 is 10.6 Å². The Morgan fingerprint density at radius 3 is 2.88 bits per heavy atom. The van der Waals surface area contributed by atoms with Crippen LogP contribution >= 0.6 is 15.9 Å². The highest BCUT2D eigenvalue weighted by atomic mass is 79.9. The summed E-state index contributed by atoms with van der Waals surface area (Å²) in [6.07, 6.45) is 0. The number of halogens is 1. The van der Waals surface area contributed by atoms with Crippen molar-refractivity contribution in [2.24, 2.45) is 5.92 Å². The summed E-state index contributed by atoms with van der Waals surface area (Å²) in [5, 5.41) is 5.90. The predicted molar refractivity (Wildman–Crippen MR) is 69.1 cm³/mol. The van der Waals surface area contributed by atoms with Crippen LogP contribution in [0.15, 0.2) is 28.7 Å². The van der Waals surface area contributed by atoms with E-state index in [1.807, 2.05) is 38.2 Å². The fourth-order valence-corrected chi connectivity index (χ4v) is 1.86. The Labute approximate surface area is 105 Å². The molecule has 2 N–H and O–H groups in total. The van der Waals surface area contributed by atoms with Gasteiger partial charge in [-0.15, -0.1) is 0 Å². The van der Waals surface area contributed by atoms with E-state index in [-0.39, 0.29) is 11.8 Å². The molecule has 1 aromatic rings. The van der Waals surface area contributed by atoms with Gasteiger partial charge in [-0.05, 0) is 24.7 Å². The number of rotatable bonds is 5. The number of benzene rings is 1. The van der Waals surface area contributed by atoms with Crippen molar-refractivity contribution in [3.05, 3.63) is 34.3 Å². The van der Waals surface area contributed by atoms with E-state index in [1.54, 1.807) is 0 Å². The maximum atomic E-state index is 11.6. The number of nitrogens with one attached hydrogen (secondary N) is 2. The molecule has 16 heavy (non-hydrogen) atoms. The minimum absolute atomic E-state index is 0.00264. The SMILES string of the molecule is CNCC(C)C(=O)NCc1cccc(Br)c1. The first kappa shape index (κ1) is 13.2. The van der Waals surface area contributed by atoms with Gasteiger partial charge in [0, 0.05) is 23.5 Å². The van der Waals surface area contributed by atoms with Gasteiger partial charge in [-0.2, -0.15) is 0 Å². The lowest BCUT2D eigenvalue weighted by Gasteiger charge is -2.11. The number of amides is 1. The Balaban J connectivity index is 2.42. The normalized spacial score (nSPS) is 12.2. The van der Waals surface area contributed by atoms with Crippen molar-refractivity contribution in [1.29, 1.82) is 0 Å². The zero-order valence-corrected chi connectivity index (χ0v) is 11.2. The van der Waals surface area contributed by atoms with Crippen LogP contribution in [0.2, 0.25) is 0 Å². The molecule has 0 radical (unpaired) electrons. The average molecular weight is 285 g/mol. The molecular formula is C12H17BrN2O. The van der Waals surface area contributed by atoms with Gasteiger partial charge in [0.15, 0.2) is 0 Å². The van der Waals surface area contributed by atoms with Gasteiger partial charge in [-0.3, -0.25) is 4.79 Å². The maximum absolute atomic E-state index is 11.6. The fraction of sp³-hybridized carbons (Fsp3) is 0.417. The predicted octanol–water partition coefficient (Wildman–Crippen LogP) is 1.92. The van der Waals surface area contributed by atoms with E-state index in [2.05, 4.69) is 26.6 Å². The van der Waals surface area contributed by atoms with Crippen molar-refractivity contribution in [1.82, 2.24) is 10.6 Å². The van der Waals surface area contributed by atoms with Crippen LogP contribution in [-0.2, 0) is 11.3 Å². The van der Waals surface area contributed by atoms with Crippen LogP contribution in [0.3, 0.4) is 0 Å². The van der Waals surface area contributed by atoms with Gasteiger partial charge in [-0.1, -0.05) is 35.0 Å². The van der Waals surface area contributed by atoms with Gasteiger partial charge >= 0.3 is 0 Å². The van der Waals surface area contributed by atoms with Crippen molar-refractivity contribution < 1.29 is 4.79 Å². The standard InChI is InChI=1S/C12H17BrN2O/c1-9(7-14-2)12(16)15-8-10-4-3-5-11(13)6-10/h3-6,9,14H,7-8H2,1-2H3,(H,15,16). The molecule has 0 saturated carbocycles. The molecule has 1 amide bonds. The highest BCUT2D eigenvalue weighted by Crippen LogP contribution is 2.11. The summed E-state index contributed by atoms with van der Waals surface area (Å²) in [5.41, 5.74) is 1.10. The molecule has 0 saturated heterocycles. The minimum Gasteiger partial charge on any atom is -0.352 e.